The standard InChI is InChI=1S/C16H26N4O4S2/c1-4-17-16(19-14-9-10-25(21,22)12-14)18-11-13-5-7-15(8-6-13)26(23,24)20(2)3/h5-8,14H,4,9-12H2,1-3H3,(H2,17,18,19). The van der Waals surface area contributed by atoms with Crippen LogP contribution in [0.1, 0.15) is 18.9 Å². The molecule has 10 heteroatoms. The number of rotatable bonds is 6. The first-order chi connectivity index (χ1) is 12.1. The molecule has 1 aromatic rings. The summed E-state index contributed by atoms with van der Waals surface area (Å²) in [4.78, 5) is 4.69. The molecule has 8 nitrogen and oxygen atoms in total. The van der Waals surface area contributed by atoms with Crippen LogP contribution in [0.2, 0.25) is 0 Å². The highest BCUT2D eigenvalue weighted by Gasteiger charge is 2.28. The van der Waals surface area contributed by atoms with Gasteiger partial charge in [0.05, 0.1) is 22.9 Å². The molecule has 1 unspecified atom stereocenters. The van der Waals surface area contributed by atoms with Crippen LogP contribution in [-0.2, 0) is 26.4 Å². The van der Waals surface area contributed by atoms with E-state index in [0.29, 0.717) is 25.5 Å². The molecule has 0 saturated carbocycles. The van der Waals surface area contributed by atoms with Crippen molar-refractivity contribution in [3.8, 4) is 0 Å². The Kier molecular flexibility index (Phi) is 6.64. The van der Waals surface area contributed by atoms with Crippen molar-refractivity contribution >= 4 is 25.8 Å². The Balaban J connectivity index is 2.05. The minimum absolute atomic E-state index is 0.120. The third-order valence-corrected chi connectivity index (χ3v) is 7.64. The quantitative estimate of drug-likeness (QED) is 0.519. The van der Waals surface area contributed by atoms with Crippen LogP contribution in [0.25, 0.3) is 0 Å². The fourth-order valence-corrected chi connectivity index (χ4v) is 5.15. The fraction of sp³-hybridized carbons (Fsp3) is 0.562. The first kappa shape index (κ1) is 20.7. The second-order valence-electron chi connectivity index (χ2n) is 6.37. The summed E-state index contributed by atoms with van der Waals surface area (Å²) >= 11 is 0. The maximum atomic E-state index is 12.1. The van der Waals surface area contributed by atoms with E-state index in [1.807, 2.05) is 6.92 Å². The molecule has 146 valence electrons. The maximum absolute atomic E-state index is 12.1. The summed E-state index contributed by atoms with van der Waals surface area (Å²) in [6.07, 6.45) is 0.573. The van der Waals surface area contributed by atoms with E-state index in [4.69, 9.17) is 0 Å². The molecule has 1 aliphatic heterocycles. The molecule has 1 saturated heterocycles. The van der Waals surface area contributed by atoms with Gasteiger partial charge in [-0.05, 0) is 31.0 Å². The lowest BCUT2D eigenvalue weighted by atomic mass is 10.2. The van der Waals surface area contributed by atoms with E-state index in [1.54, 1.807) is 24.3 Å². The van der Waals surface area contributed by atoms with Crippen LogP contribution in [0, 0.1) is 0 Å². The Morgan fingerprint density at radius 3 is 2.42 bits per heavy atom. The summed E-state index contributed by atoms with van der Waals surface area (Å²) in [7, 11) is -3.42. The SMILES string of the molecule is CCNC(=NCc1ccc(S(=O)(=O)N(C)C)cc1)NC1CCS(=O)(=O)C1. The van der Waals surface area contributed by atoms with Crippen LogP contribution in [0.4, 0.5) is 0 Å². The van der Waals surface area contributed by atoms with Crippen LogP contribution in [0.3, 0.4) is 0 Å². The number of sulfone groups is 1. The van der Waals surface area contributed by atoms with Gasteiger partial charge in [-0.2, -0.15) is 0 Å². The third kappa shape index (κ3) is 5.42. The lowest BCUT2D eigenvalue weighted by molar-refractivity contribution is 0.520. The summed E-state index contributed by atoms with van der Waals surface area (Å²) in [6, 6.07) is 6.44. The highest BCUT2D eigenvalue weighted by Crippen LogP contribution is 2.15. The van der Waals surface area contributed by atoms with Crippen LogP contribution < -0.4 is 10.6 Å². The topological polar surface area (TPSA) is 108 Å². The molecule has 0 bridgehead atoms. The number of sulfonamides is 1. The first-order valence-electron chi connectivity index (χ1n) is 8.41. The smallest absolute Gasteiger partial charge is 0.242 e. The van der Waals surface area contributed by atoms with Gasteiger partial charge < -0.3 is 10.6 Å². The molecule has 0 aliphatic carbocycles. The Morgan fingerprint density at radius 1 is 1.27 bits per heavy atom. The number of guanidine groups is 1. The first-order valence-corrected chi connectivity index (χ1v) is 11.7. The van der Waals surface area contributed by atoms with Gasteiger partial charge in [-0.25, -0.2) is 26.1 Å². The molecule has 2 N–H and O–H groups in total. The monoisotopic (exact) mass is 402 g/mol. The normalized spacial score (nSPS) is 20.3. The van der Waals surface area contributed by atoms with E-state index < -0.39 is 19.9 Å². The third-order valence-electron chi connectivity index (χ3n) is 4.04. The minimum atomic E-state index is -3.44. The molecule has 1 heterocycles. The Labute approximate surface area is 155 Å². The second kappa shape index (κ2) is 8.36. The highest BCUT2D eigenvalue weighted by atomic mass is 32.2. The van der Waals surface area contributed by atoms with E-state index in [9.17, 15) is 16.8 Å². The van der Waals surface area contributed by atoms with Crippen molar-refractivity contribution in [1.82, 2.24) is 14.9 Å². The van der Waals surface area contributed by atoms with Gasteiger partial charge in [0.1, 0.15) is 0 Å². The molecule has 1 aromatic carbocycles. The molecular formula is C16H26N4O4S2. The van der Waals surface area contributed by atoms with Gasteiger partial charge >= 0.3 is 0 Å². The Hall–Kier alpha value is -1.65. The zero-order valence-electron chi connectivity index (χ0n) is 15.3. The van der Waals surface area contributed by atoms with Crippen LogP contribution in [0.15, 0.2) is 34.2 Å². The van der Waals surface area contributed by atoms with Gasteiger partial charge in [-0.15, -0.1) is 0 Å². The van der Waals surface area contributed by atoms with Crippen molar-refractivity contribution in [3.05, 3.63) is 29.8 Å². The highest BCUT2D eigenvalue weighted by molar-refractivity contribution is 7.91. The van der Waals surface area contributed by atoms with Gasteiger partial charge in [0, 0.05) is 26.7 Å². The molecular weight excluding hydrogens is 376 g/mol. The van der Waals surface area contributed by atoms with Gasteiger partial charge in [0.2, 0.25) is 10.0 Å². The van der Waals surface area contributed by atoms with E-state index >= 15 is 0 Å². The Morgan fingerprint density at radius 2 is 1.92 bits per heavy atom. The van der Waals surface area contributed by atoms with E-state index in [1.165, 1.54) is 18.4 Å². The van der Waals surface area contributed by atoms with Crippen LogP contribution >= 0.6 is 0 Å². The molecule has 26 heavy (non-hydrogen) atoms. The summed E-state index contributed by atoms with van der Waals surface area (Å²) in [5.74, 6) is 0.875. The summed E-state index contributed by atoms with van der Waals surface area (Å²) in [6.45, 7) is 2.95. The summed E-state index contributed by atoms with van der Waals surface area (Å²) < 4.78 is 48.4. The zero-order chi connectivity index (χ0) is 19.4. The minimum Gasteiger partial charge on any atom is -0.357 e. The van der Waals surface area contributed by atoms with Gasteiger partial charge in [-0.1, -0.05) is 12.1 Å². The van der Waals surface area contributed by atoms with Gasteiger partial charge in [0.25, 0.3) is 0 Å². The van der Waals surface area contributed by atoms with Crippen LogP contribution in [0.5, 0.6) is 0 Å². The lowest BCUT2D eigenvalue weighted by Crippen LogP contribution is -2.44. The predicted molar refractivity (Wildman–Crippen MR) is 102 cm³/mol. The summed E-state index contributed by atoms with van der Waals surface area (Å²) in [5.41, 5.74) is 0.860. The second-order valence-corrected chi connectivity index (χ2v) is 10.8. The number of aliphatic imine (C=N–C) groups is 1. The van der Waals surface area contributed by atoms with Crippen LogP contribution in [-0.4, -0.2) is 65.3 Å². The van der Waals surface area contributed by atoms with Crippen molar-refractivity contribution in [2.75, 3.05) is 32.1 Å². The number of hydrogen-bond donors (Lipinski definition) is 2. The van der Waals surface area contributed by atoms with Gasteiger partial charge in [0.15, 0.2) is 15.8 Å². The van der Waals surface area contributed by atoms with Gasteiger partial charge in [-0.3, -0.25) is 0 Å². The largest absolute Gasteiger partial charge is 0.357 e. The molecule has 0 spiro atoms. The van der Waals surface area contributed by atoms with Crippen molar-refractivity contribution in [2.45, 2.75) is 30.8 Å². The zero-order valence-corrected chi connectivity index (χ0v) is 16.9. The van der Waals surface area contributed by atoms with E-state index in [-0.39, 0.29) is 22.4 Å². The Bertz CT molecular complexity index is 847. The van der Waals surface area contributed by atoms with Crippen molar-refractivity contribution < 1.29 is 16.8 Å². The molecule has 1 fully saturated rings. The molecule has 1 aliphatic rings. The predicted octanol–water partition coefficient (Wildman–Crippen LogP) is 0.179. The average Bonchev–Trinajstić information content (AvgIpc) is 2.91. The van der Waals surface area contributed by atoms with Crippen molar-refractivity contribution in [2.24, 2.45) is 4.99 Å². The molecule has 0 aromatic heterocycles. The molecule has 0 radical (unpaired) electrons. The molecule has 2 rings (SSSR count). The molecule has 0 amide bonds. The summed E-state index contributed by atoms with van der Waals surface area (Å²) in [5, 5.41) is 6.25. The molecule has 1 atom stereocenters. The maximum Gasteiger partial charge on any atom is 0.242 e. The number of benzene rings is 1. The van der Waals surface area contributed by atoms with E-state index in [2.05, 4.69) is 15.6 Å². The lowest BCUT2D eigenvalue weighted by Gasteiger charge is -2.16. The fourth-order valence-electron chi connectivity index (χ4n) is 2.57. The number of nitrogens with one attached hydrogen (secondary N) is 2. The number of hydrogen-bond acceptors (Lipinski definition) is 5. The van der Waals surface area contributed by atoms with E-state index in [0.717, 1.165) is 5.56 Å². The number of nitrogens with zero attached hydrogens (tertiary/aromatic N) is 2. The van der Waals surface area contributed by atoms with Crippen molar-refractivity contribution in [3.63, 3.8) is 0 Å². The van der Waals surface area contributed by atoms with Crippen molar-refractivity contribution in [1.29, 1.82) is 0 Å². The average molecular weight is 403 g/mol.